The lowest BCUT2D eigenvalue weighted by atomic mass is 10.2. The molecule has 0 saturated heterocycles. The number of pyridine rings is 1. The van der Waals surface area contributed by atoms with Gasteiger partial charge in [0.05, 0.1) is 16.3 Å². The van der Waals surface area contributed by atoms with Crippen molar-refractivity contribution in [1.29, 1.82) is 0 Å². The molecular formula is C12H9ClF5N3O3S. The number of sulfone groups is 1. The first-order valence-corrected chi connectivity index (χ1v) is 8.37. The summed E-state index contributed by atoms with van der Waals surface area (Å²) in [5, 5.41) is 2.59. The van der Waals surface area contributed by atoms with Crippen molar-refractivity contribution >= 4 is 21.4 Å². The molecule has 0 aliphatic rings. The molecule has 13 heteroatoms. The van der Waals surface area contributed by atoms with E-state index in [2.05, 4.69) is 14.8 Å². The Kier molecular flexibility index (Phi) is 5.23. The molecule has 6 nitrogen and oxygen atoms in total. The molecule has 0 radical (unpaired) electrons. The lowest BCUT2D eigenvalue weighted by Crippen LogP contribution is -2.14. The van der Waals surface area contributed by atoms with Crippen molar-refractivity contribution in [2.45, 2.75) is 23.6 Å². The molecule has 2 aromatic rings. The molecule has 0 unspecified atom stereocenters. The van der Waals surface area contributed by atoms with Gasteiger partial charge in [-0.15, -0.1) is 0 Å². The molecule has 0 aromatic carbocycles. The highest BCUT2D eigenvalue weighted by atomic mass is 35.5. The number of nitrogens with zero attached hydrogens (tertiary/aromatic N) is 3. The Morgan fingerprint density at radius 3 is 2.44 bits per heavy atom. The average Bonchev–Trinajstić information content (AvgIpc) is 2.76. The first-order valence-electron chi connectivity index (χ1n) is 6.34. The molecule has 0 spiro atoms. The molecule has 0 atom stereocenters. The summed E-state index contributed by atoms with van der Waals surface area (Å²) in [6.07, 6.45) is -4.08. The van der Waals surface area contributed by atoms with Crippen LogP contribution in [0.15, 0.2) is 23.4 Å². The Morgan fingerprint density at radius 1 is 1.32 bits per heavy atom. The number of rotatable bonds is 5. The predicted octanol–water partition coefficient (Wildman–Crippen LogP) is 3.06. The maximum Gasteiger partial charge on any atom is 0.435 e. The Bertz CT molecular complexity index is 865. The maximum atomic E-state index is 13.1. The van der Waals surface area contributed by atoms with Gasteiger partial charge in [0, 0.05) is 13.2 Å². The third kappa shape index (κ3) is 4.37. The van der Waals surface area contributed by atoms with Gasteiger partial charge in [0.2, 0.25) is 5.88 Å². The van der Waals surface area contributed by atoms with E-state index >= 15 is 0 Å². The first kappa shape index (κ1) is 19.4. The molecule has 0 amide bonds. The van der Waals surface area contributed by atoms with Crippen LogP contribution in [-0.2, 0) is 28.8 Å². The molecule has 0 aliphatic heterocycles. The Balaban J connectivity index is 2.54. The van der Waals surface area contributed by atoms with Crippen LogP contribution in [0.4, 0.5) is 22.0 Å². The number of aromatic nitrogens is 3. The standard InChI is InChI=1S/C12H9ClF5N3O3S/c1-21-10(24-11(14)15)7(9(20-21)12(16,17)18)5-25(22,23)8-3-2-6(13)4-19-8/h2-4,11H,5H2,1H3. The first-order chi connectivity index (χ1) is 11.4. The second-order valence-electron chi connectivity index (χ2n) is 4.71. The summed E-state index contributed by atoms with van der Waals surface area (Å²) in [6.45, 7) is -3.47. The van der Waals surface area contributed by atoms with Crippen LogP contribution >= 0.6 is 11.6 Å². The summed E-state index contributed by atoms with van der Waals surface area (Å²) in [7, 11) is -3.49. The molecule has 2 aromatic heterocycles. The van der Waals surface area contributed by atoms with Crippen molar-refractivity contribution < 1.29 is 35.1 Å². The average molecular weight is 406 g/mol. The van der Waals surface area contributed by atoms with Gasteiger partial charge in [0.25, 0.3) is 0 Å². The van der Waals surface area contributed by atoms with Crippen LogP contribution in [-0.4, -0.2) is 29.8 Å². The number of halogens is 6. The molecule has 0 aliphatic carbocycles. The van der Waals surface area contributed by atoms with Gasteiger partial charge in [-0.1, -0.05) is 11.6 Å². The minimum absolute atomic E-state index is 0.109. The normalized spacial score (nSPS) is 12.6. The van der Waals surface area contributed by atoms with E-state index in [1.807, 2.05) is 0 Å². The smallest absolute Gasteiger partial charge is 0.417 e. The fraction of sp³-hybridized carbons (Fsp3) is 0.333. The molecule has 0 bridgehead atoms. The largest absolute Gasteiger partial charge is 0.435 e. The third-order valence-corrected chi connectivity index (χ3v) is 4.68. The molecular weight excluding hydrogens is 397 g/mol. The van der Waals surface area contributed by atoms with E-state index in [0.29, 0.717) is 4.68 Å². The highest BCUT2D eigenvalue weighted by Crippen LogP contribution is 2.37. The second-order valence-corrected chi connectivity index (χ2v) is 7.08. The minimum atomic E-state index is -5.07. The van der Waals surface area contributed by atoms with Crippen molar-refractivity contribution in [3.8, 4) is 5.88 Å². The summed E-state index contributed by atoms with van der Waals surface area (Å²) in [5.74, 6) is -2.29. The molecule has 0 N–H and O–H groups in total. The fourth-order valence-electron chi connectivity index (χ4n) is 1.95. The molecule has 0 fully saturated rings. The van der Waals surface area contributed by atoms with Crippen LogP contribution in [0.3, 0.4) is 0 Å². The van der Waals surface area contributed by atoms with E-state index < -0.39 is 50.5 Å². The van der Waals surface area contributed by atoms with Gasteiger partial charge < -0.3 is 4.74 Å². The lowest BCUT2D eigenvalue weighted by molar-refractivity contribution is -0.142. The van der Waals surface area contributed by atoms with Gasteiger partial charge in [-0.05, 0) is 12.1 Å². The number of aryl methyl sites for hydroxylation is 1. The third-order valence-electron chi connectivity index (χ3n) is 2.91. The van der Waals surface area contributed by atoms with Gasteiger partial charge >= 0.3 is 12.8 Å². The van der Waals surface area contributed by atoms with Gasteiger partial charge in [-0.25, -0.2) is 18.1 Å². The summed E-state index contributed by atoms with van der Waals surface area (Å²) in [6, 6.07) is 2.15. The van der Waals surface area contributed by atoms with Crippen LogP contribution in [0.2, 0.25) is 5.02 Å². The summed E-state index contributed by atoms with van der Waals surface area (Å²) < 4.78 is 93.1. The number of ether oxygens (including phenoxy) is 1. The van der Waals surface area contributed by atoms with E-state index in [-0.39, 0.29) is 5.02 Å². The summed E-state index contributed by atoms with van der Waals surface area (Å²) in [5.41, 5.74) is -2.67. The quantitative estimate of drug-likeness (QED) is 0.715. The van der Waals surface area contributed by atoms with Crippen molar-refractivity contribution in [2.24, 2.45) is 7.05 Å². The minimum Gasteiger partial charge on any atom is -0.417 e. The topological polar surface area (TPSA) is 74.1 Å². The van der Waals surface area contributed by atoms with Gasteiger partial charge in [0.15, 0.2) is 20.6 Å². The molecule has 0 saturated carbocycles. The van der Waals surface area contributed by atoms with E-state index in [0.717, 1.165) is 19.3 Å². The van der Waals surface area contributed by atoms with Gasteiger partial charge in [-0.2, -0.15) is 27.1 Å². The van der Waals surface area contributed by atoms with Crippen LogP contribution in [0.1, 0.15) is 11.3 Å². The molecule has 138 valence electrons. The molecule has 25 heavy (non-hydrogen) atoms. The zero-order valence-electron chi connectivity index (χ0n) is 12.3. The van der Waals surface area contributed by atoms with E-state index in [1.165, 1.54) is 6.07 Å². The van der Waals surface area contributed by atoms with Crippen LogP contribution in [0.25, 0.3) is 0 Å². The second kappa shape index (κ2) is 6.75. The zero-order chi connectivity index (χ0) is 19.0. The molecule has 2 heterocycles. The SMILES string of the molecule is Cn1nc(C(F)(F)F)c(CS(=O)(=O)c2ccc(Cl)cn2)c1OC(F)F. The number of hydrogen-bond donors (Lipinski definition) is 0. The van der Waals surface area contributed by atoms with E-state index in [9.17, 15) is 30.4 Å². The van der Waals surface area contributed by atoms with Crippen molar-refractivity contribution in [2.75, 3.05) is 0 Å². The van der Waals surface area contributed by atoms with E-state index in [1.54, 1.807) is 0 Å². The van der Waals surface area contributed by atoms with Crippen LogP contribution in [0, 0.1) is 0 Å². The van der Waals surface area contributed by atoms with E-state index in [4.69, 9.17) is 11.6 Å². The Morgan fingerprint density at radius 2 is 1.96 bits per heavy atom. The highest BCUT2D eigenvalue weighted by molar-refractivity contribution is 7.90. The van der Waals surface area contributed by atoms with Gasteiger partial charge in [-0.3, -0.25) is 0 Å². The maximum absolute atomic E-state index is 13.1. The molecule has 2 rings (SSSR count). The van der Waals surface area contributed by atoms with Crippen molar-refractivity contribution in [3.05, 3.63) is 34.6 Å². The Labute approximate surface area is 143 Å². The fourth-order valence-corrected chi connectivity index (χ4v) is 3.34. The Hall–Kier alpha value is -1.95. The lowest BCUT2D eigenvalue weighted by Gasteiger charge is -2.10. The monoisotopic (exact) mass is 405 g/mol. The van der Waals surface area contributed by atoms with Crippen molar-refractivity contribution in [1.82, 2.24) is 14.8 Å². The zero-order valence-corrected chi connectivity index (χ0v) is 13.8. The van der Waals surface area contributed by atoms with Crippen LogP contribution in [0.5, 0.6) is 5.88 Å². The highest BCUT2D eigenvalue weighted by Gasteiger charge is 2.41. The number of alkyl halides is 5. The number of hydrogen-bond acceptors (Lipinski definition) is 5. The summed E-state index contributed by atoms with van der Waals surface area (Å²) >= 11 is 5.57. The van der Waals surface area contributed by atoms with Crippen LogP contribution < -0.4 is 4.74 Å². The van der Waals surface area contributed by atoms with Crippen molar-refractivity contribution in [3.63, 3.8) is 0 Å². The predicted molar refractivity (Wildman–Crippen MR) is 75.0 cm³/mol. The summed E-state index contributed by atoms with van der Waals surface area (Å²) in [4.78, 5) is 3.52. The van der Waals surface area contributed by atoms with Gasteiger partial charge in [0.1, 0.15) is 0 Å².